The van der Waals surface area contributed by atoms with E-state index in [0.29, 0.717) is 27.5 Å². The third-order valence-corrected chi connectivity index (χ3v) is 11.8. The molecular formula is C53H62N6O5S2. The van der Waals surface area contributed by atoms with Gasteiger partial charge in [0.25, 0.3) is 5.56 Å². The van der Waals surface area contributed by atoms with Gasteiger partial charge in [-0.1, -0.05) is 140 Å². The van der Waals surface area contributed by atoms with E-state index in [9.17, 15) is 9.59 Å². The van der Waals surface area contributed by atoms with Crippen molar-refractivity contribution in [1.82, 2.24) is 24.5 Å². The maximum Gasteiger partial charge on any atom is 0.267 e. The van der Waals surface area contributed by atoms with Gasteiger partial charge in [-0.05, 0) is 112 Å². The molecule has 6 aromatic rings. The first-order valence-electron chi connectivity index (χ1n) is 21.1. The minimum absolute atomic E-state index is 0.0521. The lowest BCUT2D eigenvalue weighted by atomic mass is 9.99. The number of fused-ring (bicyclic) bond motifs is 4. The first kappa shape index (κ1) is 55.3. The Morgan fingerprint density at radius 2 is 1.65 bits per heavy atom. The molecule has 0 atom stereocenters. The summed E-state index contributed by atoms with van der Waals surface area (Å²) in [5.41, 5.74) is 19.4. The summed E-state index contributed by atoms with van der Waals surface area (Å²) in [5.74, 6) is -0.405. The van der Waals surface area contributed by atoms with E-state index in [2.05, 4.69) is 130 Å². The molecule has 3 N–H and O–H groups in total. The highest BCUT2D eigenvalue weighted by molar-refractivity contribution is 7.99. The van der Waals surface area contributed by atoms with E-state index in [-0.39, 0.29) is 11.3 Å². The molecule has 346 valence electrons. The molecular weight excluding hydrogens is 865 g/mol. The number of aromatic nitrogens is 5. The van der Waals surface area contributed by atoms with Crippen molar-refractivity contribution in [1.29, 1.82) is 0 Å². The molecule has 3 aromatic carbocycles. The number of carbonyl (C=O) groups is 3. The van der Waals surface area contributed by atoms with Crippen molar-refractivity contribution in [2.45, 2.75) is 73.4 Å². The van der Waals surface area contributed by atoms with E-state index in [4.69, 9.17) is 30.6 Å². The number of allylic oxidation sites excluding steroid dienone is 11. The summed E-state index contributed by atoms with van der Waals surface area (Å²) in [4.78, 5) is 47.8. The monoisotopic (exact) mass is 926 g/mol. The van der Waals surface area contributed by atoms with E-state index in [0.717, 1.165) is 41.4 Å². The fourth-order valence-corrected chi connectivity index (χ4v) is 8.33. The minimum atomic E-state index is -0.457. The summed E-state index contributed by atoms with van der Waals surface area (Å²) in [6.07, 6.45) is 21.5. The smallest absolute Gasteiger partial charge is 0.267 e. The average Bonchev–Trinajstić information content (AvgIpc) is 3.89. The van der Waals surface area contributed by atoms with Crippen LogP contribution >= 0.6 is 23.1 Å². The van der Waals surface area contributed by atoms with Gasteiger partial charge in [0.05, 0.1) is 16.8 Å². The minimum Gasteiger partial charge on any atom is -0.400 e. The zero-order chi connectivity index (χ0) is 49.3. The number of thiophene rings is 1. The molecule has 13 heteroatoms. The fourth-order valence-electron chi connectivity index (χ4n) is 6.54. The van der Waals surface area contributed by atoms with Crippen LogP contribution in [0.4, 0.5) is 0 Å². The number of primary amides is 1. The van der Waals surface area contributed by atoms with Gasteiger partial charge >= 0.3 is 0 Å². The second-order valence-corrected chi connectivity index (χ2v) is 15.9. The number of carbonyl (C=O) groups excluding carboxylic acids is 3. The molecule has 0 spiro atoms. The summed E-state index contributed by atoms with van der Waals surface area (Å²) in [7, 11) is 1.00. The van der Waals surface area contributed by atoms with Crippen LogP contribution in [0, 0.1) is 13.8 Å². The Balaban J connectivity index is 0.000000394. The van der Waals surface area contributed by atoms with Crippen molar-refractivity contribution in [3.05, 3.63) is 164 Å². The van der Waals surface area contributed by atoms with Crippen molar-refractivity contribution in [2.24, 2.45) is 5.73 Å². The third-order valence-electron chi connectivity index (χ3n) is 9.87. The van der Waals surface area contributed by atoms with Crippen LogP contribution < -0.4 is 11.3 Å². The number of aryl methyl sites for hydroxylation is 2. The second-order valence-electron chi connectivity index (χ2n) is 14.1. The predicted octanol–water partition coefficient (Wildman–Crippen LogP) is 11.5. The molecule has 1 aliphatic rings. The first-order valence-corrected chi connectivity index (χ1v) is 23.0. The maximum absolute atomic E-state index is 13.5. The van der Waals surface area contributed by atoms with Gasteiger partial charge in [-0.15, -0.1) is 21.5 Å². The lowest BCUT2D eigenvalue weighted by molar-refractivity contribution is -0.115. The van der Waals surface area contributed by atoms with Gasteiger partial charge < -0.3 is 20.4 Å². The maximum atomic E-state index is 13.5. The van der Waals surface area contributed by atoms with Crippen LogP contribution in [0.1, 0.15) is 75.8 Å². The van der Waals surface area contributed by atoms with Gasteiger partial charge in [0.1, 0.15) is 29.4 Å². The van der Waals surface area contributed by atoms with Gasteiger partial charge in [0, 0.05) is 18.4 Å². The van der Waals surface area contributed by atoms with Crippen molar-refractivity contribution >= 4 is 81.7 Å². The molecule has 3 heterocycles. The van der Waals surface area contributed by atoms with Gasteiger partial charge in [0.15, 0.2) is 5.16 Å². The lowest BCUT2D eigenvalue weighted by Gasteiger charge is -2.12. The zero-order valence-corrected chi connectivity index (χ0v) is 41.1. The molecule has 0 unspecified atom stereocenters. The molecule has 66 heavy (non-hydrogen) atoms. The fraction of sp³-hybridized carbons (Fsp3) is 0.226. The number of thioether (sulfide) groups is 1. The van der Waals surface area contributed by atoms with Crippen molar-refractivity contribution < 1.29 is 19.5 Å². The van der Waals surface area contributed by atoms with Gasteiger partial charge in [0.2, 0.25) is 5.91 Å². The average molecular weight is 927 g/mol. The number of aliphatic hydroxyl groups excluding tert-OH is 1. The lowest BCUT2D eigenvalue weighted by Crippen LogP contribution is -2.23. The molecule has 0 bridgehead atoms. The molecule has 0 saturated heterocycles. The molecule has 3 aromatic heterocycles. The van der Waals surface area contributed by atoms with Crippen LogP contribution in [0.5, 0.6) is 0 Å². The first-order chi connectivity index (χ1) is 32.0. The van der Waals surface area contributed by atoms with Gasteiger partial charge in [-0.25, -0.2) is 4.98 Å². The second kappa shape index (κ2) is 28.9. The number of hydrogen-bond acceptors (Lipinski definition) is 10. The largest absolute Gasteiger partial charge is 0.400 e. The van der Waals surface area contributed by atoms with Crippen LogP contribution in [-0.4, -0.2) is 62.0 Å². The van der Waals surface area contributed by atoms with Crippen LogP contribution in [0.3, 0.4) is 0 Å². The number of rotatable bonds is 11. The Kier molecular flexibility index (Phi) is 24.2. The highest BCUT2D eigenvalue weighted by Gasteiger charge is 2.18. The summed E-state index contributed by atoms with van der Waals surface area (Å²) in [6, 6.07) is 19.2. The summed E-state index contributed by atoms with van der Waals surface area (Å²) < 4.78 is 1.55. The Labute approximate surface area is 397 Å². The van der Waals surface area contributed by atoms with E-state index >= 15 is 0 Å². The predicted molar refractivity (Wildman–Crippen MR) is 280 cm³/mol. The molecule has 1 aliphatic carbocycles. The Morgan fingerprint density at radius 1 is 0.939 bits per heavy atom. The van der Waals surface area contributed by atoms with E-state index < -0.39 is 5.91 Å². The zero-order valence-electron chi connectivity index (χ0n) is 39.5. The molecule has 0 aliphatic heterocycles. The standard InChI is InChI=1S/C25H21N3.C23H27N3O2S2.C2H6.CH4O.2CH2O/c1-17-7-6-9-20(15-17)22-13-12-21(16-18(22)2)28-26-24-14-11-19-8-4-3-5-10-23(19)25(24)27-28;1-6-8-9-10-17(5)26-22(28)20-18(12-11-16(4)15(3)7-2)13-29-21(20)25-23(26)30-14-19(24)27;4*1-2/h4-16H,3H2,1-2H3;6-11,13H,1,12,14H2,2-5H3,(H2,24,27);1-2H3;2H,1H3;2*1H2/b;9-8-,15-7-,16-11-,17-10+;;;;. The van der Waals surface area contributed by atoms with Gasteiger partial charge in [-0.2, -0.15) is 4.80 Å². The Bertz CT molecular complexity index is 2820. The van der Waals surface area contributed by atoms with E-state index in [1.807, 2.05) is 58.8 Å². The summed E-state index contributed by atoms with van der Waals surface area (Å²) in [6.45, 7) is 23.9. The quantitative estimate of drug-likeness (QED) is 0.0731. The van der Waals surface area contributed by atoms with Crippen molar-refractivity contribution in [3.63, 3.8) is 0 Å². The summed E-state index contributed by atoms with van der Waals surface area (Å²) in [5, 5.41) is 19.6. The van der Waals surface area contributed by atoms with Crippen molar-refractivity contribution in [2.75, 3.05) is 12.9 Å². The highest BCUT2D eigenvalue weighted by atomic mass is 32.2. The number of nitrogens with two attached hydrogens (primary N) is 1. The Hall–Kier alpha value is -6.80. The number of amides is 1. The number of benzene rings is 3. The van der Waals surface area contributed by atoms with Gasteiger partial charge in [-0.3, -0.25) is 14.2 Å². The number of aliphatic hydroxyl groups is 1. The topological polar surface area (TPSA) is 163 Å². The molecule has 0 radical (unpaired) electrons. The number of hydrogen-bond donors (Lipinski definition) is 2. The van der Waals surface area contributed by atoms with Crippen LogP contribution in [0.2, 0.25) is 0 Å². The van der Waals surface area contributed by atoms with E-state index in [1.54, 1.807) is 21.5 Å². The van der Waals surface area contributed by atoms with Crippen LogP contribution in [0.25, 0.3) is 55.9 Å². The summed E-state index contributed by atoms with van der Waals surface area (Å²) >= 11 is 2.61. The van der Waals surface area contributed by atoms with E-state index in [1.165, 1.54) is 62.1 Å². The third kappa shape index (κ3) is 14.6. The van der Waals surface area contributed by atoms with Crippen LogP contribution in [0.15, 0.2) is 136 Å². The highest BCUT2D eigenvalue weighted by Crippen LogP contribution is 2.30. The molecule has 11 nitrogen and oxygen atoms in total. The van der Waals surface area contributed by atoms with Crippen molar-refractivity contribution in [3.8, 4) is 16.8 Å². The van der Waals surface area contributed by atoms with Crippen LogP contribution in [-0.2, 0) is 20.8 Å². The number of nitrogens with zero attached hydrogens (tertiary/aromatic N) is 5. The molecule has 7 rings (SSSR count). The normalized spacial score (nSPS) is 11.9. The molecule has 1 amide bonds. The molecule has 0 fully saturated rings. The SMILES string of the molecule is C=C/C=C\C=C(/C)n1c(SCC(N)=O)nc2scc(C/C=C(C)\C(C)=C/C)c2c1=O.C=O.C=O.CC.CO.Cc1cccc(-c2ccc(-n3nc4ccc5c(c4n3)C=CCC=C5)cc2C)c1. The molecule has 0 saturated carbocycles. The Morgan fingerprint density at radius 3 is 2.30 bits per heavy atom.